The molecule has 1 fully saturated rings. The standard InChI is InChI=1S/C17H28N4O2.HI/c1-18-17(19-7-8-21-9-11-23-12-10-21)20-13-15-5-3-4-6-16(15)14-22-2;/h3-6H,7-14H2,1-2H3,(H2,18,19,20);1H. The Bertz CT molecular complexity index is 493. The van der Waals surface area contributed by atoms with Crippen molar-refractivity contribution in [2.24, 2.45) is 4.99 Å². The van der Waals surface area contributed by atoms with Crippen LogP contribution >= 0.6 is 24.0 Å². The Hall–Kier alpha value is -0.900. The van der Waals surface area contributed by atoms with Crippen LogP contribution in [0.25, 0.3) is 0 Å². The van der Waals surface area contributed by atoms with Crippen LogP contribution in [0.1, 0.15) is 11.1 Å². The molecular weight excluding hydrogens is 419 g/mol. The van der Waals surface area contributed by atoms with E-state index in [0.29, 0.717) is 6.61 Å². The van der Waals surface area contributed by atoms with Crippen LogP contribution in [0.15, 0.2) is 29.3 Å². The first-order valence-electron chi connectivity index (χ1n) is 8.14. The summed E-state index contributed by atoms with van der Waals surface area (Å²) < 4.78 is 10.6. The molecule has 0 spiro atoms. The van der Waals surface area contributed by atoms with Gasteiger partial charge >= 0.3 is 0 Å². The predicted octanol–water partition coefficient (Wildman–Crippen LogP) is 1.45. The van der Waals surface area contributed by atoms with Crippen molar-refractivity contribution in [1.82, 2.24) is 15.5 Å². The molecule has 1 aliphatic heterocycles. The first-order valence-corrected chi connectivity index (χ1v) is 8.14. The minimum atomic E-state index is 0. The summed E-state index contributed by atoms with van der Waals surface area (Å²) in [7, 11) is 3.52. The van der Waals surface area contributed by atoms with Crippen LogP contribution in [0.3, 0.4) is 0 Å². The molecule has 2 rings (SSSR count). The summed E-state index contributed by atoms with van der Waals surface area (Å²) in [5, 5.41) is 6.73. The number of rotatable bonds is 7. The van der Waals surface area contributed by atoms with Crippen LogP contribution < -0.4 is 10.6 Å². The normalized spacial score (nSPS) is 15.7. The highest BCUT2D eigenvalue weighted by molar-refractivity contribution is 14.0. The highest BCUT2D eigenvalue weighted by atomic mass is 127. The van der Waals surface area contributed by atoms with E-state index in [4.69, 9.17) is 9.47 Å². The summed E-state index contributed by atoms with van der Waals surface area (Å²) >= 11 is 0. The van der Waals surface area contributed by atoms with Gasteiger partial charge < -0.3 is 20.1 Å². The highest BCUT2D eigenvalue weighted by Gasteiger charge is 2.09. The van der Waals surface area contributed by atoms with Gasteiger partial charge in [0, 0.05) is 46.9 Å². The fourth-order valence-electron chi connectivity index (χ4n) is 2.58. The lowest BCUT2D eigenvalue weighted by Gasteiger charge is -2.26. The highest BCUT2D eigenvalue weighted by Crippen LogP contribution is 2.09. The largest absolute Gasteiger partial charge is 0.380 e. The van der Waals surface area contributed by atoms with Crippen LogP contribution in [0, 0.1) is 0 Å². The minimum Gasteiger partial charge on any atom is -0.380 e. The van der Waals surface area contributed by atoms with Gasteiger partial charge in [-0.05, 0) is 11.1 Å². The Morgan fingerprint density at radius 1 is 1.21 bits per heavy atom. The number of nitrogens with zero attached hydrogens (tertiary/aromatic N) is 2. The number of morpholine rings is 1. The lowest BCUT2D eigenvalue weighted by molar-refractivity contribution is 0.0389. The van der Waals surface area contributed by atoms with Crippen molar-refractivity contribution in [1.29, 1.82) is 0 Å². The average molecular weight is 448 g/mol. The topological polar surface area (TPSA) is 58.1 Å². The molecule has 0 aromatic heterocycles. The third kappa shape index (κ3) is 7.33. The maximum absolute atomic E-state index is 5.36. The fraction of sp³-hybridized carbons (Fsp3) is 0.588. The van der Waals surface area contributed by atoms with Gasteiger partial charge in [0.25, 0.3) is 0 Å². The van der Waals surface area contributed by atoms with Gasteiger partial charge in [0.05, 0.1) is 19.8 Å². The monoisotopic (exact) mass is 448 g/mol. The quantitative estimate of drug-likeness (QED) is 0.376. The molecule has 2 N–H and O–H groups in total. The van der Waals surface area contributed by atoms with Crippen molar-refractivity contribution < 1.29 is 9.47 Å². The molecule has 1 aromatic rings. The van der Waals surface area contributed by atoms with Crippen molar-refractivity contribution in [3.63, 3.8) is 0 Å². The Balaban J connectivity index is 0.00000288. The van der Waals surface area contributed by atoms with Gasteiger partial charge in [-0.15, -0.1) is 24.0 Å². The molecule has 0 atom stereocenters. The van der Waals surface area contributed by atoms with E-state index >= 15 is 0 Å². The van der Waals surface area contributed by atoms with E-state index in [2.05, 4.69) is 32.7 Å². The van der Waals surface area contributed by atoms with Gasteiger partial charge in [-0.3, -0.25) is 9.89 Å². The number of nitrogens with one attached hydrogen (secondary N) is 2. The Morgan fingerprint density at radius 2 is 1.92 bits per heavy atom. The number of guanidine groups is 1. The molecule has 1 saturated heterocycles. The second-order valence-electron chi connectivity index (χ2n) is 5.51. The third-order valence-electron chi connectivity index (χ3n) is 3.91. The van der Waals surface area contributed by atoms with Gasteiger partial charge in [-0.2, -0.15) is 0 Å². The molecule has 136 valence electrons. The summed E-state index contributed by atoms with van der Waals surface area (Å²) in [5.41, 5.74) is 2.43. The van der Waals surface area contributed by atoms with Crippen LogP contribution in [-0.4, -0.2) is 64.4 Å². The molecule has 24 heavy (non-hydrogen) atoms. The van der Waals surface area contributed by atoms with E-state index in [1.165, 1.54) is 11.1 Å². The van der Waals surface area contributed by atoms with E-state index < -0.39 is 0 Å². The van der Waals surface area contributed by atoms with E-state index in [1.807, 2.05) is 12.1 Å². The van der Waals surface area contributed by atoms with Gasteiger partial charge in [-0.1, -0.05) is 24.3 Å². The van der Waals surface area contributed by atoms with Crippen LogP contribution in [0.4, 0.5) is 0 Å². The minimum absolute atomic E-state index is 0. The number of hydrogen-bond donors (Lipinski definition) is 2. The molecule has 0 radical (unpaired) electrons. The zero-order chi connectivity index (χ0) is 16.3. The van der Waals surface area contributed by atoms with Crippen LogP contribution in [-0.2, 0) is 22.6 Å². The van der Waals surface area contributed by atoms with Gasteiger partial charge in [0.15, 0.2) is 5.96 Å². The number of benzene rings is 1. The summed E-state index contributed by atoms with van der Waals surface area (Å²) in [5.74, 6) is 0.825. The maximum atomic E-state index is 5.36. The predicted molar refractivity (Wildman–Crippen MR) is 108 cm³/mol. The third-order valence-corrected chi connectivity index (χ3v) is 3.91. The molecule has 7 heteroatoms. The summed E-state index contributed by atoms with van der Waals surface area (Å²) in [6, 6.07) is 8.29. The lowest BCUT2D eigenvalue weighted by atomic mass is 10.1. The average Bonchev–Trinajstić information content (AvgIpc) is 2.60. The van der Waals surface area contributed by atoms with Crippen LogP contribution in [0.5, 0.6) is 0 Å². The molecule has 1 heterocycles. The molecule has 6 nitrogen and oxygen atoms in total. The first kappa shape index (κ1) is 21.1. The smallest absolute Gasteiger partial charge is 0.191 e. The van der Waals surface area contributed by atoms with Crippen molar-refractivity contribution in [2.75, 3.05) is 53.6 Å². The molecule has 1 aliphatic rings. The van der Waals surface area contributed by atoms with E-state index in [-0.39, 0.29) is 24.0 Å². The number of ether oxygens (including phenoxy) is 2. The number of halogens is 1. The van der Waals surface area contributed by atoms with Crippen LogP contribution in [0.2, 0.25) is 0 Å². The zero-order valence-electron chi connectivity index (χ0n) is 14.6. The Morgan fingerprint density at radius 3 is 2.58 bits per heavy atom. The van der Waals surface area contributed by atoms with E-state index in [9.17, 15) is 0 Å². The van der Waals surface area contributed by atoms with Gasteiger partial charge in [-0.25, -0.2) is 0 Å². The van der Waals surface area contributed by atoms with Gasteiger partial charge in [0.2, 0.25) is 0 Å². The Kier molecular flexibility index (Phi) is 11.0. The van der Waals surface area contributed by atoms with E-state index in [0.717, 1.165) is 51.9 Å². The van der Waals surface area contributed by atoms with Crippen molar-refractivity contribution >= 4 is 29.9 Å². The molecule has 0 amide bonds. The van der Waals surface area contributed by atoms with Crippen molar-refractivity contribution in [3.8, 4) is 0 Å². The van der Waals surface area contributed by atoms with E-state index in [1.54, 1.807) is 14.2 Å². The second kappa shape index (κ2) is 12.5. The number of methoxy groups -OCH3 is 1. The Labute approximate surface area is 162 Å². The molecule has 0 aliphatic carbocycles. The molecule has 0 unspecified atom stereocenters. The first-order chi connectivity index (χ1) is 11.3. The maximum Gasteiger partial charge on any atom is 0.191 e. The second-order valence-corrected chi connectivity index (χ2v) is 5.51. The number of hydrogen-bond acceptors (Lipinski definition) is 4. The summed E-state index contributed by atoms with van der Waals surface area (Å²) in [6.07, 6.45) is 0. The lowest BCUT2D eigenvalue weighted by Crippen LogP contribution is -2.44. The number of aliphatic imine (C=N–C) groups is 1. The summed E-state index contributed by atoms with van der Waals surface area (Å²) in [6.45, 7) is 6.93. The zero-order valence-corrected chi connectivity index (χ0v) is 16.9. The van der Waals surface area contributed by atoms with Crippen molar-refractivity contribution in [2.45, 2.75) is 13.2 Å². The summed E-state index contributed by atoms with van der Waals surface area (Å²) in [4.78, 5) is 6.68. The fourth-order valence-corrected chi connectivity index (χ4v) is 2.58. The molecule has 0 bridgehead atoms. The SMILES string of the molecule is CN=C(NCCN1CCOCC1)NCc1ccccc1COC.I. The van der Waals surface area contributed by atoms with Crippen molar-refractivity contribution in [3.05, 3.63) is 35.4 Å². The molecular formula is C17H29IN4O2. The molecule has 1 aromatic carbocycles. The van der Waals surface area contributed by atoms with Gasteiger partial charge in [0.1, 0.15) is 0 Å². The molecule has 0 saturated carbocycles.